The van der Waals surface area contributed by atoms with E-state index in [1.807, 2.05) is 20.8 Å². The molecule has 0 aliphatic carbocycles. The second-order valence-corrected chi connectivity index (χ2v) is 7.23. The smallest absolute Gasteiger partial charge is 0.329 e. The average molecular weight is 373 g/mol. The molecule has 0 radical (unpaired) electrons. The van der Waals surface area contributed by atoms with Gasteiger partial charge in [-0.3, -0.25) is 9.78 Å². The van der Waals surface area contributed by atoms with Crippen molar-refractivity contribution in [2.24, 2.45) is 0 Å². The highest BCUT2D eigenvalue weighted by Gasteiger charge is 2.28. The van der Waals surface area contributed by atoms with Gasteiger partial charge in [-0.05, 0) is 39.0 Å². The van der Waals surface area contributed by atoms with Crippen LogP contribution in [0.15, 0.2) is 36.8 Å². The number of hydrogen-bond donors (Lipinski definition) is 2. The van der Waals surface area contributed by atoms with Crippen LogP contribution in [0, 0.1) is 0 Å². The molecule has 0 aliphatic rings. The second kappa shape index (κ2) is 6.42. The molecule has 2 heterocycles. The molecule has 1 aromatic carbocycles. The van der Waals surface area contributed by atoms with E-state index in [0.717, 1.165) is 4.57 Å². The van der Waals surface area contributed by atoms with E-state index in [9.17, 15) is 14.7 Å². The Morgan fingerprint density at radius 1 is 1.23 bits per heavy atom. The first-order chi connectivity index (χ1) is 12.2. The second-order valence-electron chi connectivity index (χ2n) is 6.80. The number of amides is 1. The Bertz CT molecular complexity index is 1010. The Morgan fingerprint density at radius 3 is 2.58 bits per heavy atom. The van der Waals surface area contributed by atoms with Gasteiger partial charge in [0.15, 0.2) is 0 Å². The summed E-state index contributed by atoms with van der Waals surface area (Å²) in [7, 11) is 0. The predicted molar refractivity (Wildman–Crippen MR) is 97.8 cm³/mol. The first-order valence-corrected chi connectivity index (χ1v) is 8.23. The minimum absolute atomic E-state index is 0.0490. The molecule has 8 heteroatoms. The maximum absolute atomic E-state index is 12.9. The number of rotatable bonds is 2. The van der Waals surface area contributed by atoms with E-state index in [0.29, 0.717) is 15.9 Å². The van der Waals surface area contributed by atoms with Crippen LogP contribution < -0.4 is 5.32 Å². The molecule has 0 atom stereocenters. The number of aromatic hydroxyl groups is 1. The number of benzene rings is 1. The molecule has 3 aromatic rings. The predicted octanol–water partition coefficient (Wildman–Crippen LogP) is 3.38. The Labute approximate surface area is 154 Å². The molecule has 2 N–H and O–H groups in total. The van der Waals surface area contributed by atoms with Gasteiger partial charge in [0, 0.05) is 28.3 Å². The summed E-state index contributed by atoms with van der Waals surface area (Å²) >= 11 is 6.06. The Kier molecular flexibility index (Phi) is 4.41. The topological polar surface area (TPSA) is 97.1 Å². The third-order valence-corrected chi connectivity index (χ3v) is 3.85. The molecule has 26 heavy (non-hydrogen) atoms. The molecule has 2 aromatic heterocycles. The van der Waals surface area contributed by atoms with E-state index < -0.39 is 23.2 Å². The number of hydrogen-bond acceptors (Lipinski definition) is 5. The summed E-state index contributed by atoms with van der Waals surface area (Å²) in [5.41, 5.74) is -0.159. The molecule has 0 spiro atoms. The van der Waals surface area contributed by atoms with E-state index in [4.69, 9.17) is 11.6 Å². The highest BCUT2D eigenvalue weighted by Crippen LogP contribution is 2.34. The minimum Gasteiger partial charge on any atom is -0.494 e. The fourth-order valence-corrected chi connectivity index (χ4v) is 2.77. The van der Waals surface area contributed by atoms with Crippen molar-refractivity contribution >= 4 is 34.3 Å². The number of carbonyl (C=O) groups excluding carboxylic acids is 2. The summed E-state index contributed by atoms with van der Waals surface area (Å²) in [5, 5.41) is 14.2. The zero-order chi connectivity index (χ0) is 19.1. The summed E-state index contributed by atoms with van der Waals surface area (Å²) < 4.78 is 1.06. The molecule has 3 rings (SSSR count). The van der Waals surface area contributed by atoms with Crippen LogP contribution in [0.1, 0.15) is 36.8 Å². The van der Waals surface area contributed by atoms with Gasteiger partial charge in [-0.15, -0.1) is 0 Å². The lowest BCUT2D eigenvalue weighted by atomic mass is 10.1. The highest BCUT2D eigenvalue weighted by molar-refractivity contribution is 6.32. The van der Waals surface area contributed by atoms with Crippen LogP contribution in [0.3, 0.4) is 0 Å². The van der Waals surface area contributed by atoms with Crippen molar-refractivity contribution in [2.75, 3.05) is 0 Å². The lowest BCUT2D eigenvalue weighted by Crippen LogP contribution is -2.42. The van der Waals surface area contributed by atoms with E-state index in [1.165, 1.54) is 24.7 Å². The molecule has 134 valence electrons. The molecule has 0 saturated carbocycles. The zero-order valence-corrected chi connectivity index (χ0v) is 15.2. The number of halogens is 1. The maximum Gasteiger partial charge on any atom is 0.329 e. The Hall–Kier alpha value is -2.93. The first kappa shape index (κ1) is 17.9. The van der Waals surface area contributed by atoms with E-state index in [-0.39, 0.29) is 11.3 Å². The summed E-state index contributed by atoms with van der Waals surface area (Å²) in [6.07, 6.45) is 4.11. The molecule has 0 saturated heterocycles. The van der Waals surface area contributed by atoms with Crippen molar-refractivity contribution < 1.29 is 14.7 Å². The molecule has 0 bridgehead atoms. The molecule has 0 aliphatic heterocycles. The normalized spacial score (nSPS) is 11.5. The van der Waals surface area contributed by atoms with Gasteiger partial charge in [0.05, 0.1) is 17.3 Å². The number of nitrogens with one attached hydrogen (secondary N) is 1. The van der Waals surface area contributed by atoms with Crippen LogP contribution in [0.2, 0.25) is 5.02 Å². The molecular weight excluding hydrogens is 356 g/mol. The molecule has 7 nitrogen and oxygen atoms in total. The third kappa shape index (κ3) is 3.25. The van der Waals surface area contributed by atoms with Crippen LogP contribution in [0.5, 0.6) is 5.88 Å². The summed E-state index contributed by atoms with van der Waals surface area (Å²) in [5.74, 6) is -1.02. The minimum atomic E-state index is -0.555. The number of aromatic nitrogens is 3. The van der Waals surface area contributed by atoms with Gasteiger partial charge in [0.2, 0.25) is 11.7 Å². The van der Waals surface area contributed by atoms with Gasteiger partial charge in [-0.1, -0.05) is 11.6 Å². The monoisotopic (exact) mass is 372 g/mol. The van der Waals surface area contributed by atoms with Gasteiger partial charge in [0.25, 0.3) is 0 Å². The van der Waals surface area contributed by atoms with Gasteiger partial charge < -0.3 is 10.4 Å². The van der Waals surface area contributed by atoms with E-state index in [1.54, 1.807) is 12.1 Å². The number of fused-ring (bicyclic) bond motifs is 1. The fourth-order valence-electron chi connectivity index (χ4n) is 2.60. The highest BCUT2D eigenvalue weighted by atomic mass is 35.5. The van der Waals surface area contributed by atoms with Crippen LogP contribution in [-0.2, 0) is 0 Å². The van der Waals surface area contributed by atoms with Gasteiger partial charge in [-0.25, -0.2) is 14.3 Å². The summed E-state index contributed by atoms with van der Waals surface area (Å²) in [6, 6.07) is 4.13. The number of carbonyl (C=O) groups is 2. The molecule has 0 unspecified atom stereocenters. The van der Waals surface area contributed by atoms with Crippen molar-refractivity contribution in [3.63, 3.8) is 0 Å². The number of nitrogens with zero attached hydrogens (tertiary/aromatic N) is 3. The van der Waals surface area contributed by atoms with Crippen molar-refractivity contribution in [2.45, 2.75) is 26.3 Å². The van der Waals surface area contributed by atoms with Gasteiger partial charge in [0.1, 0.15) is 5.69 Å². The van der Waals surface area contributed by atoms with E-state index >= 15 is 0 Å². The lowest BCUT2D eigenvalue weighted by Gasteiger charge is -2.21. The summed E-state index contributed by atoms with van der Waals surface area (Å²) in [6.45, 7) is 5.45. The zero-order valence-electron chi connectivity index (χ0n) is 14.4. The number of ketones is 1. The van der Waals surface area contributed by atoms with Crippen molar-refractivity contribution in [3.8, 4) is 5.88 Å². The Balaban J connectivity index is 2.24. The largest absolute Gasteiger partial charge is 0.494 e. The molecule has 1 amide bonds. The maximum atomic E-state index is 12.9. The first-order valence-electron chi connectivity index (χ1n) is 7.85. The Morgan fingerprint density at radius 2 is 1.96 bits per heavy atom. The van der Waals surface area contributed by atoms with Crippen LogP contribution in [0.4, 0.5) is 4.79 Å². The standard InChI is InChI=1S/C18H17ClN4O3/c1-18(2,3)22-17(26)23-13-5-4-10(19)8-11(13)14(16(23)25)15(24)12-9-20-6-7-21-12/h4-9,25H,1-3H3,(H,22,26). The summed E-state index contributed by atoms with van der Waals surface area (Å²) in [4.78, 5) is 33.4. The lowest BCUT2D eigenvalue weighted by molar-refractivity contribution is 0.103. The van der Waals surface area contributed by atoms with Gasteiger partial charge >= 0.3 is 6.03 Å². The SMILES string of the molecule is CC(C)(C)NC(=O)n1c(O)c(C(=O)c2cnccn2)c2cc(Cl)ccc21. The average Bonchev–Trinajstić information content (AvgIpc) is 2.84. The van der Waals surface area contributed by atoms with Crippen LogP contribution >= 0.6 is 11.6 Å². The van der Waals surface area contributed by atoms with Crippen molar-refractivity contribution in [1.82, 2.24) is 19.9 Å². The molecule has 0 fully saturated rings. The fraction of sp³-hybridized carbons (Fsp3) is 0.222. The van der Waals surface area contributed by atoms with Crippen molar-refractivity contribution in [3.05, 3.63) is 53.1 Å². The molecular formula is C18H17ClN4O3. The third-order valence-electron chi connectivity index (χ3n) is 3.61. The van der Waals surface area contributed by atoms with Crippen LogP contribution in [-0.4, -0.2) is 37.0 Å². The van der Waals surface area contributed by atoms with Crippen LogP contribution in [0.25, 0.3) is 10.9 Å². The van der Waals surface area contributed by atoms with Gasteiger partial charge in [-0.2, -0.15) is 0 Å². The quantitative estimate of drug-likeness (QED) is 0.672. The van der Waals surface area contributed by atoms with E-state index in [2.05, 4.69) is 15.3 Å². The van der Waals surface area contributed by atoms with Crippen molar-refractivity contribution in [1.29, 1.82) is 0 Å².